The molecule has 0 fully saturated rings. The maximum Gasteiger partial charge on any atom is 0.238 e. The highest BCUT2D eigenvalue weighted by atomic mass is 32.2. The molecule has 0 bridgehead atoms. The summed E-state index contributed by atoms with van der Waals surface area (Å²) in [6.07, 6.45) is 9.35. The van der Waals surface area contributed by atoms with Crippen molar-refractivity contribution < 1.29 is 24.2 Å². The van der Waals surface area contributed by atoms with E-state index in [-0.39, 0.29) is 27.7 Å². The molecule has 1 aliphatic carbocycles. The number of hydrogen-bond donors (Lipinski definition) is 1. The summed E-state index contributed by atoms with van der Waals surface area (Å²) in [7, 11) is 0. The standard InChI is InChI=1S/C47H54O5S2/c1-31(2)19-21-51-29-46(5,6)41-27-33(25-39(53-41)35-15-11-9-12-16-35)23-37-43(48)38(45(50)44(37)49)24-34-26-40(36-17-13-10-14-18-36)54-42(28-34)47(7,8)30-52-22-20-32(3)4/h9-18,23-28,31-32H,19-22,29-30H2,1-8H3/p+1. The summed E-state index contributed by atoms with van der Waals surface area (Å²) >= 11 is 3.37. The molecule has 1 aromatic heterocycles. The van der Waals surface area contributed by atoms with Crippen LogP contribution in [-0.2, 0) is 24.5 Å². The van der Waals surface area contributed by atoms with Crippen LogP contribution in [0.1, 0.15) is 84.2 Å². The van der Waals surface area contributed by atoms with Crippen molar-refractivity contribution in [2.24, 2.45) is 17.3 Å². The van der Waals surface area contributed by atoms with E-state index in [1.807, 2.05) is 60.7 Å². The largest absolute Gasteiger partial charge is 0.506 e. The summed E-state index contributed by atoms with van der Waals surface area (Å²) in [5, 5.41) is 11.6. The summed E-state index contributed by atoms with van der Waals surface area (Å²) in [5.41, 5.74) is 2.92. The van der Waals surface area contributed by atoms with E-state index in [4.69, 9.17) is 9.47 Å². The highest BCUT2D eigenvalue weighted by Gasteiger charge is 2.37. The molecule has 54 heavy (non-hydrogen) atoms. The van der Waals surface area contributed by atoms with Crippen LogP contribution in [0.25, 0.3) is 21.4 Å². The van der Waals surface area contributed by atoms with Gasteiger partial charge in [-0.2, -0.15) is 0 Å². The minimum absolute atomic E-state index is 0.000432. The molecule has 0 saturated heterocycles. The van der Waals surface area contributed by atoms with Gasteiger partial charge in [0, 0.05) is 41.2 Å². The minimum Gasteiger partial charge on any atom is -0.506 e. The van der Waals surface area contributed by atoms with Crippen molar-refractivity contribution in [3.63, 3.8) is 0 Å². The second-order valence-electron chi connectivity index (χ2n) is 16.3. The molecule has 0 radical (unpaired) electrons. The molecular weight excluding hydrogens is 709 g/mol. The van der Waals surface area contributed by atoms with Gasteiger partial charge in [0.25, 0.3) is 0 Å². The van der Waals surface area contributed by atoms with Gasteiger partial charge < -0.3 is 14.6 Å². The summed E-state index contributed by atoms with van der Waals surface area (Å²) in [4.78, 5) is 31.4. The van der Waals surface area contributed by atoms with Crippen LogP contribution in [0.2, 0.25) is 0 Å². The molecule has 2 aromatic carbocycles. The van der Waals surface area contributed by atoms with Gasteiger partial charge in [0.15, 0.2) is 0 Å². The van der Waals surface area contributed by atoms with Crippen LogP contribution in [0.3, 0.4) is 0 Å². The van der Waals surface area contributed by atoms with Gasteiger partial charge in [-0.15, -0.1) is 0 Å². The number of hydrogen-bond acceptors (Lipinski definition) is 6. The number of ketones is 2. The molecule has 2 heterocycles. The van der Waals surface area contributed by atoms with Gasteiger partial charge in [-0.3, -0.25) is 9.59 Å². The normalized spacial score (nSPS) is 17.0. The lowest BCUT2D eigenvalue weighted by Crippen LogP contribution is -2.24. The van der Waals surface area contributed by atoms with E-state index in [1.54, 1.807) is 35.3 Å². The van der Waals surface area contributed by atoms with Crippen molar-refractivity contribution in [3.05, 3.63) is 134 Å². The van der Waals surface area contributed by atoms with Crippen LogP contribution in [0.4, 0.5) is 0 Å². The fraction of sp³-hybridized carbons (Fsp3) is 0.383. The van der Waals surface area contributed by atoms with Crippen LogP contribution in [0.15, 0.2) is 118 Å². The summed E-state index contributed by atoms with van der Waals surface area (Å²) < 4.78 is 12.3. The molecule has 0 unspecified atom stereocenters. The molecule has 7 heteroatoms. The lowest BCUT2D eigenvalue weighted by Gasteiger charge is -2.30. The number of allylic oxidation sites excluding steroid dienone is 6. The third-order valence-corrected chi connectivity index (χ3v) is 12.4. The van der Waals surface area contributed by atoms with Crippen LogP contribution in [0, 0.1) is 17.3 Å². The average molecular weight is 764 g/mol. The summed E-state index contributed by atoms with van der Waals surface area (Å²) in [6, 6.07) is 24.3. The van der Waals surface area contributed by atoms with E-state index < -0.39 is 11.6 Å². The van der Waals surface area contributed by atoms with Crippen molar-refractivity contribution >= 4 is 45.6 Å². The van der Waals surface area contributed by atoms with E-state index in [0.717, 1.165) is 54.7 Å². The number of carbonyl (C=O) groups is 2. The number of carbonyl (C=O) groups excluding carboxylic acids is 2. The van der Waals surface area contributed by atoms with Gasteiger partial charge >= 0.3 is 0 Å². The Bertz CT molecular complexity index is 1980. The van der Waals surface area contributed by atoms with Gasteiger partial charge in [-0.05, 0) is 96.6 Å². The zero-order valence-electron chi connectivity index (χ0n) is 33.0. The zero-order valence-corrected chi connectivity index (χ0v) is 34.7. The first-order valence-corrected chi connectivity index (χ1v) is 20.6. The number of ether oxygens (including phenoxy) is 2. The Hall–Kier alpha value is -3.88. The number of benzene rings is 2. The van der Waals surface area contributed by atoms with Gasteiger partial charge in [0.2, 0.25) is 32.7 Å². The second kappa shape index (κ2) is 18.2. The van der Waals surface area contributed by atoms with Crippen molar-refractivity contribution in [2.75, 3.05) is 26.4 Å². The Morgan fingerprint density at radius 2 is 1.31 bits per heavy atom. The van der Waals surface area contributed by atoms with Crippen molar-refractivity contribution in [1.82, 2.24) is 0 Å². The molecule has 3 aromatic rings. The number of Topliss-reactive ketones (excluding diaryl/α,β-unsaturated/α-hetero) is 2. The lowest BCUT2D eigenvalue weighted by molar-refractivity contribution is -0.131. The molecule has 1 aliphatic heterocycles. The van der Waals surface area contributed by atoms with Gasteiger partial charge in [-0.1, -0.05) is 102 Å². The molecule has 5 nitrogen and oxygen atoms in total. The number of aliphatic hydroxyl groups excluding tert-OH is 1. The Morgan fingerprint density at radius 1 is 0.741 bits per heavy atom. The van der Waals surface area contributed by atoms with Gasteiger partial charge in [0.1, 0.15) is 5.76 Å². The molecule has 0 saturated carbocycles. The van der Waals surface area contributed by atoms with Gasteiger partial charge in [-0.25, -0.2) is 0 Å². The van der Waals surface area contributed by atoms with E-state index in [1.165, 1.54) is 0 Å². The highest BCUT2D eigenvalue weighted by molar-refractivity contribution is 8.11. The Morgan fingerprint density at radius 3 is 1.91 bits per heavy atom. The zero-order chi connectivity index (χ0) is 39.0. The second-order valence-corrected chi connectivity index (χ2v) is 18.5. The minimum atomic E-state index is -0.716. The number of rotatable bonds is 16. The fourth-order valence-corrected chi connectivity index (χ4v) is 8.44. The summed E-state index contributed by atoms with van der Waals surface area (Å²) in [5.74, 6) is -0.612. The number of aliphatic hydroxyl groups is 1. The van der Waals surface area contributed by atoms with Crippen LogP contribution >= 0.6 is 23.1 Å². The Labute approximate surface area is 330 Å². The lowest BCUT2D eigenvalue weighted by atomic mass is 9.91. The average Bonchev–Trinajstić information content (AvgIpc) is 3.34. The maximum absolute atomic E-state index is 13.6. The fourth-order valence-electron chi connectivity index (χ4n) is 6.01. The van der Waals surface area contributed by atoms with Crippen molar-refractivity contribution in [1.29, 1.82) is 0 Å². The third kappa shape index (κ3) is 10.7. The quantitative estimate of drug-likeness (QED) is 0.0678. The van der Waals surface area contributed by atoms with Gasteiger partial charge in [0.05, 0.1) is 29.8 Å². The van der Waals surface area contributed by atoms with E-state index >= 15 is 0 Å². The monoisotopic (exact) mass is 763 g/mol. The molecular formula is C47H55O5S2+. The topological polar surface area (TPSA) is 72.8 Å². The number of thioether (sulfide) groups is 1. The smallest absolute Gasteiger partial charge is 0.238 e. The molecule has 0 atom stereocenters. The van der Waals surface area contributed by atoms with Crippen LogP contribution < -0.4 is 0 Å². The molecule has 0 amide bonds. The predicted octanol–water partition coefficient (Wildman–Crippen LogP) is 12.1. The Kier molecular flexibility index (Phi) is 13.9. The maximum atomic E-state index is 13.6. The highest BCUT2D eigenvalue weighted by Crippen LogP contribution is 2.47. The first kappa shape index (κ1) is 41.3. The van der Waals surface area contributed by atoms with Crippen LogP contribution in [0.5, 0.6) is 0 Å². The summed E-state index contributed by atoms with van der Waals surface area (Å²) in [6.45, 7) is 19.9. The van der Waals surface area contributed by atoms with E-state index in [0.29, 0.717) is 38.3 Å². The SMILES string of the molecule is CC(C)CCOCC(C)(C)C1=C/C(=C\C2=C(O)C(=C/c3cc(-c4ccccc4)[s+]c(C(C)(C)COCCC(C)C)c3)/C(=O)C2=O)C=C(c2ccccc2)S1. The Balaban J connectivity index is 1.54. The van der Waals surface area contributed by atoms with Crippen molar-refractivity contribution in [2.45, 2.75) is 73.6 Å². The third-order valence-electron chi connectivity index (χ3n) is 9.51. The van der Waals surface area contributed by atoms with E-state index in [2.05, 4.69) is 79.7 Å². The van der Waals surface area contributed by atoms with Crippen molar-refractivity contribution in [3.8, 4) is 10.4 Å². The van der Waals surface area contributed by atoms with Crippen LogP contribution in [-0.4, -0.2) is 43.1 Å². The first-order chi connectivity index (χ1) is 25.6. The molecule has 284 valence electrons. The molecule has 1 N–H and O–H groups in total. The first-order valence-electron chi connectivity index (χ1n) is 19.0. The predicted molar refractivity (Wildman–Crippen MR) is 227 cm³/mol. The molecule has 0 spiro atoms. The molecule has 2 aliphatic rings. The van der Waals surface area contributed by atoms with E-state index in [9.17, 15) is 14.7 Å². The molecule has 5 rings (SSSR count).